The van der Waals surface area contributed by atoms with Crippen molar-refractivity contribution in [1.82, 2.24) is 0 Å². The monoisotopic (exact) mass is 270 g/mol. The number of hydrogen-bond donors (Lipinski definition) is 0. The third-order valence-corrected chi connectivity index (χ3v) is 3.66. The van der Waals surface area contributed by atoms with Crippen LogP contribution in [0.3, 0.4) is 0 Å². The lowest BCUT2D eigenvalue weighted by Gasteiger charge is -2.18. The first kappa shape index (κ1) is 15.8. The summed E-state index contributed by atoms with van der Waals surface area (Å²) in [6.07, 6.45) is 0.0288. The highest BCUT2D eigenvalue weighted by atomic mass is 31.2. The zero-order valence-electron chi connectivity index (χ0n) is 10.3. The Morgan fingerprint density at radius 3 is 2.06 bits per heavy atom. The summed E-state index contributed by atoms with van der Waals surface area (Å²) in [7, 11) is -2.93. The van der Waals surface area contributed by atoms with Gasteiger partial charge in [0, 0.05) is 14.2 Å². The Morgan fingerprint density at radius 1 is 1.19 bits per heavy atom. The quantitative estimate of drug-likeness (QED) is 0.521. The molecule has 0 unspecified atom stereocenters. The van der Waals surface area contributed by atoms with Gasteiger partial charge in [-0.15, -0.1) is 0 Å². The van der Waals surface area contributed by atoms with Gasteiger partial charge in [0.15, 0.2) is 0 Å². The minimum atomic E-state index is -3.48. The Bertz CT molecular complexity index is 266. The molecule has 0 atom stereocenters. The Labute approximate surface area is 97.0 Å². The van der Waals surface area contributed by atoms with Gasteiger partial charge in [-0.1, -0.05) is 0 Å². The molecule has 0 saturated heterocycles. The first-order chi connectivity index (χ1) is 7.22. The molecule has 0 bridgehead atoms. The summed E-state index contributed by atoms with van der Waals surface area (Å²) in [5, 5.41) is 0. The van der Waals surface area contributed by atoms with Crippen molar-refractivity contribution in [1.29, 1.82) is 0 Å². The van der Waals surface area contributed by atoms with Gasteiger partial charge >= 0.3 is 7.82 Å². The van der Waals surface area contributed by atoms with Crippen molar-refractivity contribution < 1.29 is 27.4 Å². The van der Waals surface area contributed by atoms with Crippen LogP contribution in [-0.4, -0.2) is 35.1 Å². The van der Waals surface area contributed by atoms with Gasteiger partial charge in [0.25, 0.3) is 5.97 Å². The van der Waals surface area contributed by atoms with Crippen molar-refractivity contribution in [2.45, 2.75) is 26.1 Å². The molecule has 8 heteroatoms. The van der Waals surface area contributed by atoms with Crippen molar-refractivity contribution in [3.05, 3.63) is 0 Å². The fourth-order valence-electron chi connectivity index (χ4n) is 0.813. The van der Waals surface area contributed by atoms with Gasteiger partial charge in [-0.05, 0) is 19.6 Å². The second-order valence-electron chi connectivity index (χ2n) is 3.98. The molecule has 0 saturated carbocycles. The summed E-state index contributed by atoms with van der Waals surface area (Å²) in [5.41, 5.74) is 0. The zero-order chi connectivity index (χ0) is 12.8. The van der Waals surface area contributed by atoms with E-state index in [1.807, 2.05) is 19.6 Å². The van der Waals surface area contributed by atoms with Crippen LogP contribution < -0.4 is 0 Å². The molecule has 0 spiro atoms. The van der Waals surface area contributed by atoms with Crippen LogP contribution in [0.1, 0.15) is 6.42 Å². The average Bonchev–Trinajstić information content (AvgIpc) is 2.14. The Balaban J connectivity index is 3.91. The van der Waals surface area contributed by atoms with Crippen LogP contribution in [0.4, 0.5) is 0 Å². The third kappa shape index (κ3) is 7.13. The zero-order valence-corrected chi connectivity index (χ0v) is 12.2. The average molecular weight is 270 g/mol. The number of carbonyl (C=O) groups is 1. The summed E-state index contributed by atoms with van der Waals surface area (Å²) >= 11 is 0. The van der Waals surface area contributed by atoms with Crippen LogP contribution >= 0.6 is 7.82 Å². The molecule has 6 nitrogen and oxygen atoms in total. The predicted octanol–water partition coefficient (Wildman–Crippen LogP) is 2.17. The van der Waals surface area contributed by atoms with E-state index in [4.69, 9.17) is 8.95 Å². The second-order valence-corrected chi connectivity index (χ2v) is 10.3. The normalized spacial score (nSPS) is 12.6. The topological polar surface area (TPSA) is 71.1 Å². The third-order valence-electron chi connectivity index (χ3n) is 1.42. The Kier molecular flexibility index (Phi) is 6.43. The van der Waals surface area contributed by atoms with E-state index in [1.54, 1.807) is 0 Å². The van der Waals surface area contributed by atoms with E-state index >= 15 is 0 Å². The molecule has 0 aliphatic heterocycles. The maximum absolute atomic E-state index is 11.4. The Hall–Kier alpha value is -0.203. The molecule has 0 fully saturated rings. The van der Waals surface area contributed by atoms with E-state index < -0.39 is 16.1 Å². The van der Waals surface area contributed by atoms with E-state index in [0.717, 1.165) is 0 Å². The Morgan fingerprint density at radius 2 is 1.69 bits per heavy atom. The molecular weight excluding hydrogens is 251 g/mol. The molecule has 96 valence electrons. The molecule has 16 heavy (non-hydrogen) atoms. The van der Waals surface area contributed by atoms with E-state index in [-0.39, 0.29) is 19.0 Å². The fourth-order valence-corrected chi connectivity index (χ4v) is 2.27. The van der Waals surface area contributed by atoms with Gasteiger partial charge in [-0.25, -0.2) is 4.57 Å². The molecule has 0 heterocycles. The van der Waals surface area contributed by atoms with E-state index in [9.17, 15) is 9.36 Å². The fraction of sp³-hybridized carbons (Fsp3) is 0.875. The van der Waals surface area contributed by atoms with E-state index in [2.05, 4.69) is 9.05 Å². The highest BCUT2D eigenvalue weighted by molar-refractivity contribution is 7.48. The highest BCUT2D eigenvalue weighted by Crippen LogP contribution is 2.47. The van der Waals surface area contributed by atoms with Gasteiger partial charge in [0.1, 0.15) is 0 Å². The summed E-state index contributed by atoms with van der Waals surface area (Å²) in [6.45, 7) is 5.66. The lowest BCUT2D eigenvalue weighted by molar-refractivity contribution is -0.135. The first-order valence-corrected chi connectivity index (χ1v) is 9.67. The molecule has 0 rings (SSSR count). The first-order valence-electron chi connectivity index (χ1n) is 4.80. The smallest absolute Gasteiger partial charge is 0.474 e. The maximum Gasteiger partial charge on any atom is 0.474 e. The summed E-state index contributed by atoms with van der Waals surface area (Å²) in [6, 6.07) is 0. The van der Waals surface area contributed by atoms with Crippen LogP contribution in [0, 0.1) is 0 Å². The molecule has 0 aliphatic carbocycles. The van der Waals surface area contributed by atoms with Crippen molar-refractivity contribution in [2.75, 3.05) is 20.8 Å². The number of phosphoric acid groups is 1. The van der Waals surface area contributed by atoms with Gasteiger partial charge in [0.2, 0.25) is 8.32 Å². The summed E-state index contributed by atoms with van der Waals surface area (Å²) in [4.78, 5) is 11.3. The molecular formula is C8H19O6PSi. The van der Waals surface area contributed by atoms with Gasteiger partial charge in [-0.2, -0.15) is 0 Å². The SMILES string of the molecule is COP(=O)(OC)OCCC(=O)O[Si](C)(C)C. The van der Waals surface area contributed by atoms with Gasteiger partial charge in [0.05, 0.1) is 13.0 Å². The van der Waals surface area contributed by atoms with E-state index in [0.29, 0.717) is 0 Å². The minimum Gasteiger partial charge on any atom is -0.520 e. The predicted molar refractivity (Wildman–Crippen MR) is 61.6 cm³/mol. The lowest BCUT2D eigenvalue weighted by atomic mass is 10.5. The molecule has 0 aromatic rings. The summed E-state index contributed by atoms with van der Waals surface area (Å²) < 4.78 is 30.5. The van der Waals surface area contributed by atoms with Crippen LogP contribution in [0.5, 0.6) is 0 Å². The van der Waals surface area contributed by atoms with Crippen LogP contribution in [0.15, 0.2) is 0 Å². The second kappa shape index (κ2) is 6.51. The van der Waals surface area contributed by atoms with Crippen LogP contribution in [-0.2, 0) is 27.4 Å². The maximum atomic E-state index is 11.4. The molecule has 0 amide bonds. The van der Waals surface area contributed by atoms with Crippen LogP contribution in [0.25, 0.3) is 0 Å². The number of phosphoric ester groups is 1. The molecule has 0 aromatic carbocycles. The largest absolute Gasteiger partial charge is 0.520 e. The molecule has 0 aliphatic rings. The van der Waals surface area contributed by atoms with Crippen molar-refractivity contribution in [3.8, 4) is 0 Å². The standard InChI is InChI=1S/C8H19O6PSi/c1-11-15(10,12-2)13-7-6-8(9)14-16(3,4)5/h6-7H2,1-5H3. The number of carbonyl (C=O) groups excluding carboxylic acids is 1. The van der Waals surface area contributed by atoms with Crippen LogP contribution in [0.2, 0.25) is 19.6 Å². The highest BCUT2D eigenvalue weighted by Gasteiger charge is 2.24. The molecule has 0 N–H and O–H groups in total. The number of hydrogen-bond acceptors (Lipinski definition) is 6. The molecule has 0 aromatic heterocycles. The molecule has 0 radical (unpaired) electrons. The van der Waals surface area contributed by atoms with Gasteiger partial charge in [-0.3, -0.25) is 18.4 Å². The lowest BCUT2D eigenvalue weighted by Crippen LogP contribution is -2.29. The van der Waals surface area contributed by atoms with Crippen molar-refractivity contribution in [3.63, 3.8) is 0 Å². The summed E-state index contributed by atoms with van der Waals surface area (Å²) in [5.74, 6) is -0.363. The number of rotatable bonds is 7. The van der Waals surface area contributed by atoms with Gasteiger partial charge < -0.3 is 4.43 Å². The van der Waals surface area contributed by atoms with Crippen molar-refractivity contribution >= 4 is 22.1 Å². The van der Waals surface area contributed by atoms with E-state index in [1.165, 1.54) is 14.2 Å². The minimum absolute atomic E-state index is 0.0288. The van der Waals surface area contributed by atoms with Crippen molar-refractivity contribution in [2.24, 2.45) is 0 Å².